The Labute approximate surface area is 178 Å². The molecule has 0 aliphatic carbocycles. The summed E-state index contributed by atoms with van der Waals surface area (Å²) in [5, 5.41) is 10.8. The van der Waals surface area contributed by atoms with Crippen LogP contribution in [-0.2, 0) is 0 Å². The SMILES string of the molecule is COc1cc(C#Cc2cccc(C(=O)O)c2-c2ccc3cc[nH]c3c2)cc(C(N)=O)c1. The number of methoxy groups -OCH3 is 1. The van der Waals surface area contributed by atoms with Crippen molar-refractivity contribution >= 4 is 22.8 Å². The number of carboxylic acids is 1. The maximum absolute atomic E-state index is 11.9. The Morgan fingerprint density at radius 3 is 2.61 bits per heavy atom. The van der Waals surface area contributed by atoms with Gasteiger partial charge in [-0.15, -0.1) is 0 Å². The summed E-state index contributed by atoms with van der Waals surface area (Å²) in [7, 11) is 1.49. The zero-order chi connectivity index (χ0) is 22.0. The van der Waals surface area contributed by atoms with Crippen molar-refractivity contribution in [1.29, 1.82) is 0 Å². The topological polar surface area (TPSA) is 105 Å². The van der Waals surface area contributed by atoms with E-state index in [-0.39, 0.29) is 11.1 Å². The predicted octanol–water partition coefficient (Wildman–Crippen LogP) is 4.04. The van der Waals surface area contributed by atoms with E-state index < -0.39 is 11.9 Å². The third-order valence-electron chi connectivity index (χ3n) is 4.91. The second-order valence-electron chi connectivity index (χ2n) is 6.88. The van der Waals surface area contributed by atoms with Crippen LogP contribution in [0, 0.1) is 11.8 Å². The van der Waals surface area contributed by atoms with Crippen molar-refractivity contribution in [2.75, 3.05) is 7.11 Å². The molecule has 4 N–H and O–H groups in total. The Morgan fingerprint density at radius 2 is 1.87 bits per heavy atom. The fourth-order valence-electron chi connectivity index (χ4n) is 3.42. The van der Waals surface area contributed by atoms with Crippen LogP contribution in [0.5, 0.6) is 5.75 Å². The van der Waals surface area contributed by atoms with Gasteiger partial charge in [-0.25, -0.2) is 4.79 Å². The maximum atomic E-state index is 11.9. The normalized spacial score (nSPS) is 10.4. The molecule has 0 radical (unpaired) electrons. The van der Waals surface area contributed by atoms with Crippen LogP contribution in [0.3, 0.4) is 0 Å². The molecule has 0 bridgehead atoms. The molecule has 6 heteroatoms. The highest BCUT2D eigenvalue weighted by molar-refractivity contribution is 5.99. The minimum atomic E-state index is -1.04. The average molecular weight is 410 g/mol. The van der Waals surface area contributed by atoms with Crippen LogP contribution in [0.4, 0.5) is 0 Å². The number of benzene rings is 3. The molecule has 152 valence electrons. The van der Waals surface area contributed by atoms with Gasteiger partial charge in [-0.05, 0) is 53.4 Å². The Bertz CT molecular complexity index is 1390. The molecule has 0 fully saturated rings. The minimum Gasteiger partial charge on any atom is -0.497 e. The summed E-state index contributed by atoms with van der Waals surface area (Å²) in [6.45, 7) is 0. The highest BCUT2D eigenvalue weighted by atomic mass is 16.5. The number of amides is 1. The predicted molar refractivity (Wildman–Crippen MR) is 118 cm³/mol. The second-order valence-corrected chi connectivity index (χ2v) is 6.88. The summed E-state index contributed by atoms with van der Waals surface area (Å²) in [5.41, 5.74) is 9.06. The van der Waals surface area contributed by atoms with Gasteiger partial charge in [-0.1, -0.05) is 30.0 Å². The Morgan fingerprint density at radius 1 is 1.03 bits per heavy atom. The second kappa shape index (κ2) is 8.09. The first kappa shape index (κ1) is 19.8. The molecule has 1 heterocycles. The number of H-pyrrole nitrogens is 1. The standard InChI is InChI=1S/C25H18N2O4/c1-31-20-12-15(11-19(13-20)24(26)28)5-6-17-3-2-4-21(25(29)30)23(17)18-8-7-16-9-10-27-22(16)14-18/h2-4,7-14,27H,1H3,(H2,26,28)(H,29,30). The number of fused-ring (bicyclic) bond motifs is 1. The molecule has 4 rings (SSSR count). The number of ether oxygens (including phenoxy) is 1. The van der Waals surface area contributed by atoms with Crippen LogP contribution in [0.2, 0.25) is 0 Å². The molecule has 31 heavy (non-hydrogen) atoms. The summed E-state index contributed by atoms with van der Waals surface area (Å²) in [6, 6.07) is 17.4. The lowest BCUT2D eigenvalue weighted by molar-refractivity contribution is 0.0697. The number of aromatic amines is 1. The number of hydrogen-bond acceptors (Lipinski definition) is 3. The molecular weight excluding hydrogens is 392 g/mol. The third-order valence-corrected chi connectivity index (χ3v) is 4.91. The number of carbonyl (C=O) groups excluding carboxylic acids is 1. The van der Waals surface area contributed by atoms with E-state index in [1.807, 2.05) is 30.5 Å². The van der Waals surface area contributed by atoms with E-state index in [0.717, 1.165) is 16.5 Å². The van der Waals surface area contributed by atoms with Crippen molar-refractivity contribution in [2.45, 2.75) is 0 Å². The number of hydrogen-bond donors (Lipinski definition) is 3. The van der Waals surface area contributed by atoms with Crippen molar-refractivity contribution < 1.29 is 19.4 Å². The number of aromatic carboxylic acids is 1. The molecule has 4 aromatic rings. The number of primary amides is 1. The van der Waals surface area contributed by atoms with Gasteiger partial charge in [0.1, 0.15) is 5.75 Å². The van der Waals surface area contributed by atoms with Crippen molar-refractivity contribution in [2.24, 2.45) is 5.73 Å². The van der Waals surface area contributed by atoms with Crippen molar-refractivity contribution in [3.05, 3.63) is 89.1 Å². The number of nitrogens with two attached hydrogens (primary N) is 1. The fraction of sp³-hybridized carbons (Fsp3) is 0.0400. The molecule has 1 aromatic heterocycles. The van der Waals surface area contributed by atoms with Gasteiger partial charge in [0.2, 0.25) is 5.91 Å². The molecule has 0 saturated carbocycles. The third kappa shape index (κ3) is 3.98. The van der Waals surface area contributed by atoms with Crippen LogP contribution in [0.15, 0.2) is 66.9 Å². The highest BCUT2D eigenvalue weighted by Gasteiger charge is 2.15. The lowest BCUT2D eigenvalue weighted by atomic mass is 9.93. The smallest absolute Gasteiger partial charge is 0.336 e. The molecule has 0 saturated heterocycles. The fourth-order valence-corrected chi connectivity index (χ4v) is 3.42. The maximum Gasteiger partial charge on any atom is 0.336 e. The van der Waals surface area contributed by atoms with Gasteiger partial charge in [0.15, 0.2) is 0 Å². The number of carbonyl (C=O) groups is 2. The molecule has 0 spiro atoms. The molecular formula is C25H18N2O4. The zero-order valence-electron chi connectivity index (χ0n) is 16.6. The number of rotatable bonds is 4. The largest absolute Gasteiger partial charge is 0.497 e. The van der Waals surface area contributed by atoms with Gasteiger partial charge in [0, 0.05) is 34.0 Å². The van der Waals surface area contributed by atoms with E-state index in [1.165, 1.54) is 13.2 Å². The first-order chi connectivity index (χ1) is 15.0. The monoisotopic (exact) mass is 410 g/mol. The lowest BCUT2D eigenvalue weighted by Gasteiger charge is -2.10. The number of aromatic nitrogens is 1. The van der Waals surface area contributed by atoms with E-state index in [0.29, 0.717) is 22.4 Å². The molecule has 0 aliphatic rings. The molecule has 0 atom stereocenters. The van der Waals surface area contributed by atoms with Crippen LogP contribution in [0.25, 0.3) is 22.0 Å². The first-order valence-corrected chi connectivity index (χ1v) is 9.41. The molecule has 0 unspecified atom stereocenters. The molecule has 0 aliphatic heterocycles. The molecule has 1 amide bonds. The van der Waals surface area contributed by atoms with Gasteiger partial charge in [-0.2, -0.15) is 0 Å². The van der Waals surface area contributed by atoms with Gasteiger partial charge >= 0.3 is 5.97 Å². The number of carboxylic acid groups (broad SMARTS) is 1. The van der Waals surface area contributed by atoms with Gasteiger partial charge < -0.3 is 20.6 Å². The lowest BCUT2D eigenvalue weighted by Crippen LogP contribution is -2.11. The zero-order valence-corrected chi connectivity index (χ0v) is 16.6. The van der Waals surface area contributed by atoms with E-state index in [2.05, 4.69) is 16.8 Å². The van der Waals surface area contributed by atoms with Crippen molar-refractivity contribution in [1.82, 2.24) is 4.98 Å². The van der Waals surface area contributed by atoms with E-state index in [4.69, 9.17) is 10.5 Å². The van der Waals surface area contributed by atoms with Gasteiger partial charge in [0.05, 0.1) is 12.7 Å². The first-order valence-electron chi connectivity index (χ1n) is 9.41. The van der Waals surface area contributed by atoms with Crippen LogP contribution in [0.1, 0.15) is 31.8 Å². The quantitative estimate of drug-likeness (QED) is 0.442. The molecule has 3 aromatic carbocycles. The average Bonchev–Trinajstić information content (AvgIpc) is 3.24. The van der Waals surface area contributed by atoms with Crippen LogP contribution in [-0.4, -0.2) is 29.1 Å². The van der Waals surface area contributed by atoms with Crippen LogP contribution < -0.4 is 10.5 Å². The van der Waals surface area contributed by atoms with Gasteiger partial charge in [0.25, 0.3) is 0 Å². The van der Waals surface area contributed by atoms with Crippen LogP contribution >= 0.6 is 0 Å². The highest BCUT2D eigenvalue weighted by Crippen LogP contribution is 2.30. The summed E-state index contributed by atoms with van der Waals surface area (Å²) < 4.78 is 5.22. The number of nitrogens with one attached hydrogen (secondary N) is 1. The minimum absolute atomic E-state index is 0.154. The van der Waals surface area contributed by atoms with E-state index in [1.54, 1.807) is 30.3 Å². The van der Waals surface area contributed by atoms with E-state index >= 15 is 0 Å². The van der Waals surface area contributed by atoms with E-state index in [9.17, 15) is 14.7 Å². The summed E-state index contributed by atoms with van der Waals surface area (Å²) in [4.78, 5) is 26.6. The Hall–Kier alpha value is -4.50. The Balaban J connectivity index is 1.88. The Kier molecular flexibility index (Phi) is 5.17. The summed E-state index contributed by atoms with van der Waals surface area (Å²) >= 11 is 0. The molecule has 6 nitrogen and oxygen atoms in total. The van der Waals surface area contributed by atoms with Gasteiger partial charge in [-0.3, -0.25) is 4.79 Å². The van der Waals surface area contributed by atoms with Crippen molar-refractivity contribution in [3.63, 3.8) is 0 Å². The van der Waals surface area contributed by atoms with Crippen molar-refractivity contribution in [3.8, 4) is 28.7 Å². The summed E-state index contributed by atoms with van der Waals surface area (Å²) in [5.74, 6) is 4.88. The summed E-state index contributed by atoms with van der Waals surface area (Å²) in [6.07, 6.45) is 1.83.